The molecule has 1 aliphatic rings. The van der Waals surface area contributed by atoms with Gasteiger partial charge in [-0.3, -0.25) is 4.79 Å². The summed E-state index contributed by atoms with van der Waals surface area (Å²) in [5.74, 6) is -1.95. The van der Waals surface area contributed by atoms with Gasteiger partial charge in [0.25, 0.3) is 0 Å². The molecular formula is C9H17NO6S2. The number of hydrogen-bond acceptors (Lipinski definition) is 5. The van der Waals surface area contributed by atoms with Crippen LogP contribution in [-0.2, 0) is 24.7 Å². The van der Waals surface area contributed by atoms with Crippen LogP contribution in [0.25, 0.3) is 0 Å². The van der Waals surface area contributed by atoms with E-state index in [-0.39, 0.29) is 18.1 Å². The molecule has 0 aliphatic carbocycles. The van der Waals surface area contributed by atoms with Crippen LogP contribution < -0.4 is 0 Å². The molecule has 1 N–H and O–H groups in total. The van der Waals surface area contributed by atoms with Crippen molar-refractivity contribution in [3.05, 3.63) is 0 Å². The smallest absolute Gasteiger partial charge is 0.305 e. The van der Waals surface area contributed by atoms with Gasteiger partial charge in [-0.15, -0.1) is 0 Å². The van der Waals surface area contributed by atoms with Gasteiger partial charge in [0.05, 0.1) is 23.7 Å². The number of rotatable bonds is 5. The molecular weight excluding hydrogens is 282 g/mol. The van der Waals surface area contributed by atoms with Crippen molar-refractivity contribution in [1.29, 1.82) is 0 Å². The molecule has 1 heterocycles. The first kappa shape index (κ1) is 15.4. The monoisotopic (exact) mass is 299 g/mol. The van der Waals surface area contributed by atoms with Crippen molar-refractivity contribution in [2.75, 3.05) is 23.8 Å². The molecule has 18 heavy (non-hydrogen) atoms. The summed E-state index contributed by atoms with van der Waals surface area (Å²) in [6.07, 6.45) is -0.0758. The van der Waals surface area contributed by atoms with Crippen molar-refractivity contribution >= 4 is 25.8 Å². The normalized spacial score (nSPS) is 24.8. The Morgan fingerprint density at radius 3 is 2.56 bits per heavy atom. The highest BCUT2D eigenvalue weighted by atomic mass is 32.2. The number of hydrogen-bond donors (Lipinski definition) is 1. The number of nitrogens with zero attached hydrogens (tertiary/aromatic N) is 1. The lowest BCUT2D eigenvalue weighted by Crippen LogP contribution is -2.52. The van der Waals surface area contributed by atoms with E-state index in [0.717, 1.165) is 4.31 Å². The number of carboxylic acids is 1. The van der Waals surface area contributed by atoms with Gasteiger partial charge in [0.2, 0.25) is 10.0 Å². The summed E-state index contributed by atoms with van der Waals surface area (Å²) in [4.78, 5) is 10.7. The first-order chi connectivity index (χ1) is 8.18. The molecule has 1 saturated heterocycles. The second kappa shape index (κ2) is 5.54. The fourth-order valence-electron chi connectivity index (χ4n) is 1.97. The standard InChI is InChI=1S/C9H17NO6S2/c1-2-4-18(15,16)10-3-5-17(13,14)7-8(10)6-9(11)12/h8H,2-7H2,1H3,(H,11,12). The highest BCUT2D eigenvalue weighted by Gasteiger charge is 2.38. The molecule has 0 bridgehead atoms. The van der Waals surface area contributed by atoms with Crippen LogP contribution in [0.2, 0.25) is 0 Å². The molecule has 0 aromatic carbocycles. The van der Waals surface area contributed by atoms with Gasteiger partial charge in [0.1, 0.15) is 0 Å². The van der Waals surface area contributed by atoms with Gasteiger partial charge in [0, 0.05) is 12.6 Å². The van der Waals surface area contributed by atoms with Crippen LogP contribution in [-0.4, -0.2) is 62.1 Å². The minimum Gasteiger partial charge on any atom is -0.481 e. The zero-order valence-corrected chi connectivity index (χ0v) is 11.7. The van der Waals surface area contributed by atoms with Gasteiger partial charge in [0.15, 0.2) is 9.84 Å². The highest BCUT2D eigenvalue weighted by molar-refractivity contribution is 7.92. The first-order valence-corrected chi connectivity index (χ1v) is 9.03. The van der Waals surface area contributed by atoms with Crippen LogP contribution >= 0.6 is 0 Å². The van der Waals surface area contributed by atoms with Crippen LogP contribution in [0.15, 0.2) is 0 Å². The maximum atomic E-state index is 11.9. The van der Waals surface area contributed by atoms with E-state index >= 15 is 0 Å². The van der Waals surface area contributed by atoms with Gasteiger partial charge in [-0.2, -0.15) is 4.31 Å². The molecule has 9 heteroatoms. The predicted molar refractivity (Wildman–Crippen MR) is 65.5 cm³/mol. The Kier molecular flexibility index (Phi) is 4.73. The molecule has 106 valence electrons. The van der Waals surface area contributed by atoms with E-state index in [0.29, 0.717) is 6.42 Å². The second-order valence-corrected chi connectivity index (χ2v) is 8.56. The van der Waals surface area contributed by atoms with E-state index in [9.17, 15) is 21.6 Å². The third-order valence-corrected chi connectivity index (χ3v) is 6.52. The summed E-state index contributed by atoms with van der Waals surface area (Å²) >= 11 is 0. The molecule has 0 radical (unpaired) electrons. The largest absolute Gasteiger partial charge is 0.481 e. The molecule has 7 nitrogen and oxygen atoms in total. The zero-order valence-electron chi connectivity index (χ0n) is 10.1. The van der Waals surface area contributed by atoms with Gasteiger partial charge < -0.3 is 5.11 Å². The van der Waals surface area contributed by atoms with Crippen molar-refractivity contribution in [2.45, 2.75) is 25.8 Å². The number of carboxylic acid groups (broad SMARTS) is 1. The Labute approximate surface area is 107 Å². The Hall–Kier alpha value is -0.670. The molecule has 1 atom stereocenters. The van der Waals surface area contributed by atoms with E-state index in [1.807, 2.05) is 0 Å². The van der Waals surface area contributed by atoms with E-state index < -0.39 is 44.0 Å². The van der Waals surface area contributed by atoms with Crippen molar-refractivity contribution in [1.82, 2.24) is 4.31 Å². The second-order valence-electron chi connectivity index (χ2n) is 4.29. The van der Waals surface area contributed by atoms with Crippen LogP contribution in [0.4, 0.5) is 0 Å². The van der Waals surface area contributed by atoms with Gasteiger partial charge >= 0.3 is 5.97 Å². The van der Waals surface area contributed by atoms with Gasteiger partial charge in [-0.1, -0.05) is 6.92 Å². The summed E-state index contributed by atoms with van der Waals surface area (Å²) in [5, 5.41) is 8.73. The Morgan fingerprint density at radius 1 is 1.44 bits per heavy atom. The van der Waals surface area contributed by atoms with Crippen LogP contribution in [0.1, 0.15) is 19.8 Å². The molecule has 1 rings (SSSR count). The maximum Gasteiger partial charge on any atom is 0.305 e. The fourth-order valence-corrected chi connectivity index (χ4v) is 5.43. The summed E-state index contributed by atoms with van der Waals surface area (Å²) in [7, 11) is -6.93. The lowest BCUT2D eigenvalue weighted by molar-refractivity contribution is -0.137. The average molecular weight is 299 g/mol. The number of aliphatic carboxylic acids is 1. The fraction of sp³-hybridized carbons (Fsp3) is 0.889. The molecule has 1 unspecified atom stereocenters. The summed E-state index contributed by atoms with van der Waals surface area (Å²) in [6.45, 7) is 1.55. The minimum absolute atomic E-state index is 0.0941. The molecule has 0 saturated carbocycles. The van der Waals surface area contributed by atoms with Crippen LogP contribution in [0, 0.1) is 0 Å². The van der Waals surface area contributed by atoms with E-state index in [1.54, 1.807) is 6.92 Å². The maximum absolute atomic E-state index is 11.9. The van der Waals surface area contributed by atoms with E-state index in [4.69, 9.17) is 5.11 Å². The van der Waals surface area contributed by atoms with Crippen molar-refractivity contribution in [2.24, 2.45) is 0 Å². The van der Waals surface area contributed by atoms with Gasteiger partial charge in [-0.25, -0.2) is 16.8 Å². The summed E-state index contributed by atoms with van der Waals surface area (Å²) in [5.41, 5.74) is 0. The third kappa shape index (κ3) is 3.92. The quantitative estimate of drug-likeness (QED) is 0.719. The topological polar surface area (TPSA) is 109 Å². The van der Waals surface area contributed by atoms with Crippen LogP contribution in [0.3, 0.4) is 0 Å². The number of sulfonamides is 1. The Morgan fingerprint density at radius 2 is 2.06 bits per heavy atom. The van der Waals surface area contributed by atoms with Crippen molar-refractivity contribution in [3.8, 4) is 0 Å². The molecule has 0 aromatic rings. The lowest BCUT2D eigenvalue weighted by atomic mass is 10.2. The molecule has 1 fully saturated rings. The van der Waals surface area contributed by atoms with Crippen molar-refractivity contribution in [3.63, 3.8) is 0 Å². The number of sulfone groups is 1. The Bertz CT molecular complexity index is 509. The van der Waals surface area contributed by atoms with Crippen LogP contribution in [0.5, 0.6) is 0 Å². The SMILES string of the molecule is CCCS(=O)(=O)N1CCS(=O)(=O)CC1CC(=O)O. The molecule has 0 amide bonds. The first-order valence-electron chi connectivity index (χ1n) is 5.59. The number of carbonyl (C=O) groups is 1. The molecule has 0 aromatic heterocycles. The summed E-state index contributed by atoms with van der Waals surface area (Å²) < 4.78 is 47.8. The lowest BCUT2D eigenvalue weighted by Gasteiger charge is -2.33. The Balaban J connectivity index is 2.98. The summed E-state index contributed by atoms with van der Waals surface area (Å²) in [6, 6.07) is -0.988. The van der Waals surface area contributed by atoms with Gasteiger partial charge in [-0.05, 0) is 6.42 Å². The molecule has 0 spiro atoms. The van der Waals surface area contributed by atoms with E-state index in [2.05, 4.69) is 0 Å². The average Bonchev–Trinajstić information content (AvgIpc) is 2.13. The molecule has 1 aliphatic heterocycles. The zero-order chi connectivity index (χ0) is 14.0. The predicted octanol–water partition coefficient (Wildman–Crippen LogP) is -0.700. The minimum atomic E-state index is -3.57. The highest BCUT2D eigenvalue weighted by Crippen LogP contribution is 2.19. The van der Waals surface area contributed by atoms with Crippen molar-refractivity contribution < 1.29 is 26.7 Å². The third-order valence-electron chi connectivity index (χ3n) is 2.71. The van der Waals surface area contributed by atoms with E-state index in [1.165, 1.54) is 0 Å².